The van der Waals surface area contributed by atoms with E-state index in [1.54, 1.807) is 18.2 Å². The molecule has 0 aliphatic rings. The first-order chi connectivity index (χ1) is 8.56. The van der Waals surface area contributed by atoms with Crippen molar-refractivity contribution in [3.8, 4) is 0 Å². The van der Waals surface area contributed by atoms with Crippen LogP contribution in [0.5, 0.6) is 0 Å². The lowest BCUT2D eigenvalue weighted by Crippen LogP contribution is -2.44. The van der Waals surface area contributed by atoms with Crippen LogP contribution in [0.3, 0.4) is 0 Å². The van der Waals surface area contributed by atoms with Crippen molar-refractivity contribution in [2.75, 3.05) is 5.01 Å². The number of nitroso groups, excluding NO2 is 1. The molecule has 0 unspecified atom stereocenters. The number of carbonyl (C=O) groups is 2. The lowest BCUT2D eigenvalue weighted by Gasteiger charge is -2.09. The zero-order valence-corrected chi connectivity index (χ0v) is 9.52. The van der Waals surface area contributed by atoms with Crippen LogP contribution in [-0.4, -0.2) is 23.0 Å². The maximum Gasteiger partial charge on any atom is 0.494 e. The highest BCUT2D eigenvalue weighted by Crippen LogP contribution is 2.12. The van der Waals surface area contributed by atoms with Crippen LogP contribution in [-0.2, 0) is 9.59 Å². The van der Waals surface area contributed by atoms with Gasteiger partial charge in [0.1, 0.15) is 10.6 Å². The number of carboxylic acid groups (broad SMARTS) is 1. The molecule has 0 aliphatic carbocycles. The van der Waals surface area contributed by atoms with E-state index in [4.69, 9.17) is 10.8 Å². The molecule has 0 heterocycles. The molecule has 1 radical (unpaired) electrons. The van der Waals surface area contributed by atoms with Crippen molar-refractivity contribution in [1.82, 2.24) is 5.29 Å². The number of rotatable bonds is 6. The third kappa shape index (κ3) is 3.63. The summed E-state index contributed by atoms with van der Waals surface area (Å²) in [6.07, 6.45) is -0.290. The fourth-order valence-electron chi connectivity index (χ4n) is 1.34. The number of anilines is 1. The molecule has 0 aromatic heterocycles. The molecule has 1 atom stereocenters. The summed E-state index contributed by atoms with van der Waals surface area (Å²) in [5.41, 5.74) is 5.82. The summed E-state index contributed by atoms with van der Waals surface area (Å²) in [5, 5.41) is 11.7. The second kappa shape index (κ2) is 6.45. The van der Waals surface area contributed by atoms with E-state index in [9.17, 15) is 14.5 Å². The largest absolute Gasteiger partial charge is 0.494 e. The monoisotopic (exact) mass is 251 g/mol. The first kappa shape index (κ1) is 13.8. The quantitative estimate of drug-likeness (QED) is 0.702. The molecule has 1 rings (SSSR count). The molecule has 18 heavy (non-hydrogen) atoms. The Kier molecular flexibility index (Phi) is 4.94. The average molecular weight is 251 g/mol. The number of aliphatic carboxylic acids is 1. The van der Waals surface area contributed by atoms with Crippen molar-refractivity contribution in [2.45, 2.75) is 18.9 Å². The molecule has 0 aliphatic heterocycles. The van der Waals surface area contributed by atoms with E-state index in [2.05, 4.69) is 5.29 Å². The summed E-state index contributed by atoms with van der Waals surface area (Å²) in [7, 11) is 0. The summed E-state index contributed by atoms with van der Waals surface area (Å²) < 4.78 is 0. The van der Waals surface area contributed by atoms with Crippen molar-refractivity contribution in [3.63, 3.8) is 0 Å². The van der Waals surface area contributed by atoms with Crippen LogP contribution in [0.25, 0.3) is 0 Å². The minimum absolute atomic E-state index is 0.0486. The van der Waals surface area contributed by atoms with E-state index in [-0.39, 0.29) is 12.8 Å². The highest BCUT2D eigenvalue weighted by molar-refractivity contribution is 5.96. The predicted molar refractivity (Wildman–Crippen MR) is 64.3 cm³/mol. The van der Waals surface area contributed by atoms with Crippen LogP contribution >= 0.6 is 0 Å². The fourth-order valence-corrected chi connectivity index (χ4v) is 1.34. The Morgan fingerprint density at radius 1 is 1.33 bits per heavy atom. The molecule has 7 nitrogen and oxygen atoms in total. The number of carbonyl (C=O) groups excluding carboxylic acids is 1. The Morgan fingerprint density at radius 2 is 1.94 bits per heavy atom. The summed E-state index contributed by atoms with van der Waals surface area (Å²) in [5.74, 6) is -1.78. The van der Waals surface area contributed by atoms with Crippen molar-refractivity contribution in [2.24, 2.45) is 5.73 Å². The molecule has 1 aromatic rings. The molecular weight excluding hydrogens is 238 g/mol. The molecule has 95 valence electrons. The zero-order valence-electron chi connectivity index (χ0n) is 9.52. The summed E-state index contributed by atoms with van der Waals surface area (Å²) >= 11 is 0. The zero-order chi connectivity index (χ0) is 13.5. The van der Waals surface area contributed by atoms with E-state index in [0.717, 1.165) is 0 Å². The van der Waals surface area contributed by atoms with Crippen LogP contribution < -0.4 is 16.0 Å². The molecule has 7 heteroatoms. The van der Waals surface area contributed by atoms with Gasteiger partial charge in [-0.3, -0.25) is 9.59 Å². The third-order valence-corrected chi connectivity index (χ3v) is 2.28. The first-order valence-electron chi connectivity index (χ1n) is 5.26. The van der Waals surface area contributed by atoms with Gasteiger partial charge >= 0.3 is 17.2 Å². The SMILES string of the molecule is N[C@@H](CCC(=O)O)C(=O)N([N+]=O)c1ccccc1. The number of hydrogen-bond donors (Lipinski definition) is 2. The molecule has 0 fully saturated rings. The minimum Gasteiger partial charge on any atom is -0.481 e. The van der Waals surface area contributed by atoms with Gasteiger partial charge in [0.05, 0.1) is 6.04 Å². The van der Waals surface area contributed by atoms with E-state index in [0.29, 0.717) is 10.7 Å². The molecule has 1 amide bonds. The van der Waals surface area contributed by atoms with Crippen molar-refractivity contribution in [3.05, 3.63) is 35.2 Å². The van der Waals surface area contributed by atoms with Crippen LogP contribution in [0.4, 0.5) is 5.69 Å². The average Bonchev–Trinajstić information content (AvgIpc) is 2.38. The topological polar surface area (TPSA) is 115 Å². The van der Waals surface area contributed by atoms with Gasteiger partial charge < -0.3 is 10.8 Å². The van der Waals surface area contributed by atoms with Gasteiger partial charge in [-0.25, -0.2) is 0 Å². The normalized spacial score (nSPS) is 11.6. The number of hydrogen-bond acceptors (Lipinski definition) is 5. The highest BCUT2D eigenvalue weighted by Gasteiger charge is 2.32. The molecule has 0 spiro atoms. The lowest BCUT2D eigenvalue weighted by molar-refractivity contribution is -0.137. The van der Waals surface area contributed by atoms with Gasteiger partial charge in [-0.1, -0.05) is 18.2 Å². The number of benzene rings is 1. The number of amides is 1. The number of carboxylic acids is 1. The Morgan fingerprint density at radius 3 is 2.44 bits per heavy atom. The minimum atomic E-state index is -1.07. The summed E-state index contributed by atoms with van der Waals surface area (Å²) in [4.78, 5) is 32.8. The molecule has 0 saturated carbocycles. The maximum absolute atomic E-state index is 11.8. The Labute approximate surface area is 103 Å². The number of nitrogens with zero attached hydrogens (tertiary/aromatic N) is 2. The van der Waals surface area contributed by atoms with Gasteiger partial charge in [0.2, 0.25) is 0 Å². The second-order valence-corrected chi connectivity index (χ2v) is 3.61. The Hall–Kier alpha value is -2.28. The molecule has 0 saturated heterocycles. The Balaban J connectivity index is 2.74. The van der Waals surface area contributed by atoms with Crippen LogP contribution in [0.1, 0.15) is 12.8 Å². The third-order valence-electron chi connectivity index (χ3n) is 2.28. The van der Waals surface area contributed by atoms with E-state index >= 15 is 0 Å². The van der Waals surface area contributed by atoms with Crippen molar-refractivity contribution in [1.29, 1.82) is 0 Å². The van der Waals surface area contributed by atoms with E-state index in [1.807, 2.05) is 0 Å². The van der Waals surface area contributed by atoms with Gasteiger partial charge in [-0.2, -0.15) is 0 Å². The van der Waals surface area contributed by atoms with Gasteiger partial charge in [0.15, 0.2) is 0 Å². The van der Waals surface area contributed by atoms with Gasteiger partial charge in [0.25, 0.3) is 0 Å². The maximum atomic E-state index is 11.8. The number of nitrogens with two attached hydrogens (primary N) is 1. The summed E-state index contributed by atoms with van der Waals surface area (Å²) in [6.45, 7) is 0. The van der Waals surface area contributed by atoms with E-state index < -0.39 is 17.9 Å². The molecular formula is C11H13N3O4+. The predicted octanol–water partition coefficient (Wildman–Crippen LogP) is 0.229. The van der Waals surface area contributed by atoms with Crippen molar-refractivity contribution >= 4 is 17.6 Å². The smallest absolute Gasteiger partial charge is 0.481 e. The van der Waals surface area contributed by atoms with Crippen LogP contribution in [0, 0.1) is 4.91 Å². The number of para-hydroxylation sites is 1. The second-order valence-electron chi connectivity index (χ2n) is 3.61. The van der Waals surface area contributed by atoms with Crippen LogP contribution in [0.15, 0.2) is 30.3 Å². The van der Waals surface area contributed by atoms with Gasteiger partial charge in [0, 0.05) is 11.4 Å². The standard InChI is InChI=1S/C11H13N3O4/c12-9(6-7-10(15)16)11(17)14(13-18)8-4-2-1-3-5-8/h1-5,9H,6-7,12H2,(H,15,16)/q+1/t9-/m0/s1. The molecule has 1 aromatic carbocycles. The highest BCUT2D eigenvalue weighted by atomic mass is 16.4. The molecule has 0 bridgehead atoms. The lowest BCUT2D eigenvalue weighted by atomic mass is 10.1. The van der Waals surface area contributed by atoms with Gasteiger partial charge in [-0.05, 0) is 18.6 Å². The fraction of sp³-hybridized carbons (Fsp3) is 0.273. The van der Waals surface area contributed by atoms with Crippen LogP contribution in [0.2, 0.25) is 0 Å². The Bertz CT molecular complexity index is 435. The molecule has 3 N–H and O–H groups in total. The van der Waals surface area contributed by atoms with Crippen molar-refractivity contribution < 1.29 is 14.7 Å². The summed E-state index contributed by atoms with van der Waals surface area (Å²) in [6, 6.07) is 7.00. The first-order valence-corrected chi connectivity index (χ1v) is 5.26. The van der Waals surface area contributed by atoms with E-state index in [1.165, 1.54) is 12.1 Å². The van der Waals surface area contributed by atoms with Gasteiger partial charge in [-0.15, -0.1) is 0 Å².